The van der Waals surface area contributed by atoms with E-state index in [4.69, 9.17) is 9.47 Å². The van der Waals surface area contributed by atoms with E-state index in [1.54, 1.807) is 6.20 Å². The Balaban J connectivity index is 1.53. The molecule has 7 nitrogen and oxygen atoms in total. The van der Waals surface area contributed by atoms with Crippen LogP contribution in [0.1, 0.15) is 17.4 Å². The summed E-state index contributed by atoms with van der Waals surface area (Å²) in [6.07, 6.45) is 4.02. The Morgan fingerprint density at radius 3 is 3.08 bits per heavy atom. The molecule has 1 atom stereocenters. The van der Waals surface area contributed by atoms with Gasteiger partial charge in [0.1, 0.15) is 11.9 Å². The summed E-state index contributed by atoms with van der Waals surface area (Å²) < 4.78 is 12.7. The van der Waals surface area contributed by atoms with Gasteiger partial charge in [0.2, 0.25) is 12.7 Å². The molecular formula is C17H20N4O3. The van der Waals surface area contributed by atoms with Crippen molar-refractivity contribution in [2.75, 3.05) is 26.4 Å². The number of piperazine rings is 1. The summed E-state index contributed by atoms with van der Waals surface area (Å²) in [5.41, 5.74) is 0.932. The third-order valence-corrected chi connectivity index (χ3v) is 4.51. The van der Waals surface area contributed by atoms with Crippen molar-refractivity contribution in [1.82, 2.24) is 19.8 Å². The Bertz CT molecular complexity index is 758. The summed E-state index contributed by atoms with van der Waals surface area (Å²) in [4.78, 5) is 19.2. The minimum Gasteiger partial charge on any atom is -0.454 e. The Morgan fingerprint density at radius 1 is 1.38 bits per heavy atom. The maximum atomic E-state index is 12.9. The van der Waals surface area contributed by atoms with E-state index in [1.165, 1.54) is 0 Å². The van der Waals surface area contributed by atoms with Crippen molar-refractivity contribution in [2.45, 2.75) is 12.5 Å². The highest BCUT2D eigenvalue weighted by Gasteiger charge is 2.30. The van der Waals surface area contributed by atoms with Crippen LogP contribution < -0.4 is 14.8 Å². The first-order valence-corrected chi connectivity index (χ1v) is 8.08. The molecule has 0 radical (unpaired) electrons. The van der Waals surface area contributed by atoms with Crippen LogP contribution >= 0.6 is 0 Å². The third kappa shape index (κ3) is 2.71. The first kappa shape index (κ1) is 15.0. The summed E-state index contributed by atoms with van der Waals surface area (Å²) in [6, 6.07) is 5.63. The number of benzene rings is 1. The number of imidazole rings is 1. The van der Waals surface area contributed by atoms with Crippen LogP contribution in [0.5, 0.6) is 11.5 Å². The molecule has 1 fully saturated rings. The van der Waals surface area contributed by atoms with Crippen molar-refractivity contribution in [3.05, 3.63) is 42.0 Å². The van der Waals surface area contributed by atoms with Gasteiger partial charge in [0.15, 0.2) is 11.5 Å². The minimum atomic E-state index is -0.0414. The van der Waals surface area contributed by atoms with Crippen LogP contribution in [0.2, 0.25) is 0 Å². The zero-order valence-corrected chi connectivity index (χ0v) is 13.6. The van der Waals surface area contributed by atoms with Crippen LogP contribution in [0.3, 0.4) is 0 Å². The van der Waals surface area contributed by atoms with Crippen LogP contribution in [0.4, 0.5) is 0 Å². The normalized spacial score (nSPS) is 19.5. The van der Waals surface area contributed by atoms with Crippen molar-refractivity contribution in [3.8, 4) is 11.5 Å². The number of fused-ring (bicyclic) bond motifs is 1. The lowest BCUT2D eigenvalue weighted by Crippen LogP contribution is -2.49. The Hall–Kier alpha value is -2.54. The third-order valence-electron chi connectivity index (χ3n) is 4.51. The molecule has 1 amide bonds. The standard InChI is InChI=1S/C17H20N4O3/c1-20-6-5-19-17(20)13-10-18-4-7-21(13)16(22)9-12-2-3-14-15(8-12)24-11-23-14/h2-3,5-6,8,13,18H,4,7,9-11H2,1H3. The van der Waals surface area contributed by atoms with E-state index in [-0.39, 0.29) is 18.7 Å². The van der Waals surface area contributed by atoms with Crippen LogP contribution in [0, 0.1) is 0 Å². The number of nitrogens with one attached hydrogen (secondary N) is 1. The van der Waals surface area contributed by atoms with Crippen LogP contribution in [-0.2, 0) is 18.3 Å². The lowest BCUT2D eigenvalue weighted by atomic mass is 10.1. The average molecular weight is 328 g/mol. The lowest BCUT2D eigenvalue weighted by Gasteiger charge is -2.35. The minimum absolute atomic E-state index is 0.0414. The fourth-order valence-corrected chi connectivity index (χ4v) is 3.26. The number of carbonyl (C=O) groups is 1. The second-order valence-corrected chi connectivity index (χ2v) is 6.07. The van der Waals surface area contributed by atoms with Gasteiger partial charge in [-0.25, -0.2) is 4.98 Å². The van der Waals surface area contributed by atoms with Crippen LogP contribution in [0.25, 0.3) is 0 Å². The number of aryl methyl sites for hydroxylation is 1. The number of ether oxygens (including phenoxy) is 2. The maximum absolute atomic E-state index is 12.9. The molecule has 2 aromatic rings. The van der Waals surface area contributed by atoms with E-state index in [0.29, 0.717) is 18.7 Å². The Kier molecular flexibility index (Phi) is 3.86. The molecule has 0 saturated carbocycles. The highest BCUT2D eigenvalue weighted by molar-refractivity contribution is 5.79. The second kappa shape index (κ2) is 6.16. The van der Waals surface area contributed by atoms with Gasteiger partial charge in [-0.15, -0.1) is 0 Å². The lowest BCUT2D eigenvalue weighted by molar-refractivity contribution is -0.134. The second-order valence-electron chi connectivity index (χ2n) is 6.07. The predicted molar refractivity (Wildman–Crippen MR) is 86.8 cm³/mol. The number of aromatic nitrogens is 2. The van der Waals surface area contributed by atoms with Crippen LogP contribution in [0.15, 0.2) is 30.6 Å². The first-order chi connectivity index (χ1) is 11.7. The fourth-order valence-electron chi connectivity index (χ4n) is 3.26. The number of amides is 1. The molecule has 0 spiro atoms. The quantitative estimate of drug-likeness (QED) is 0.905. The SMILES string of the molecule is Cn1ccnc1C1CNCCN1C(=O)Cc1ccc2c(c1)OCO2. The molecule has 3 heterocycles. The van der Waals surface area contributed by atoms with Crippen molar-refractivity contribution in [1.29, 1.82) is 0 Å². The van der Waals surface area contributed by atoms with Crippen molar-refractivity contribution in [2.24, 2.45) is 7.05 Å². The van der Waals surface area contributed by atoms with Gasteiger partial charge in [-0.1, -0.05) is 6.07 Å². The number of rotatable bonds is 3. The fraction of sp³-hybridized carbons (Fsp3) is 0.412. The van der Waals surface area contributed by atoms with Gasteiger partial charge in [0, 0.05) is 39.1 Å². The summed E-state index contributed by atoms with van der Waals surface area (Å²) in [5, 5.41) is 3.35. The molecule has 24 heavy (non-hydrogen) atoms. The maximum Gasteiger partial charge on any atom is 0.231 e. The van der Waals surface area contributed by atoms with Gasteiger partial charge in [-0.05, 0) is 17.7 Å². The summed E-state index contributed by atoms with van der Waals surface area (Å²) in [5.74, 6) is 2.45. The van der Waals surface area contributed by atoms with Gasteiger partial charge in [0.05, 0.1) is 6.42 Å². The summed E-state index contributed by atoms with van der Waals surface area (Å²) in [6.45, 7) is 2.44. The number of hydrogen-bond acceptors (Lipinski definition) is 5. The molecule has 1 aromatic carbocycles. The van der Waals surface area contributed by atoms with E-state index in [0.717, 1.165) is 30.2 Å². The largest absolute Gasteiger partial charge is 0.454 e. The van der Waals surface area contributed by atoms with Gasteiger partial charge in [-0.3, -0.25) is 4.79 Å². The Labute approximate surface area is 140 Å². The van der Waals surface area contributed by atoms with Gasteiger partial charge in [-0.2, -0.15) is 0 Å². The first-order valence-electron chi connectivity index (χ1n) is 8.08. The number of nitrogens with zero attached hydrogens (tertiary/aromatic N) is 3. The molecule has 1 unspecified atom stereocenters. The molecular weight excluding hydrogens is 308 g/mol. The Morgan fingerprint density at radius 2 is 2.25 bits per heavy atom. The van der Waals surface area contributed by atoms with E-state index < -0.39 is 0 Å². The van der Waals surface area contributed by atoms with Crippen molar-refractivity contribution >= 4 is 5.91 Å². The van der Waals surface area contributed by atoms with Crippen molar-refractivity contribution in [3.63, 3.8) is 0 Å². The smallest absolute Gasteiger partial charge is 0.231 e. The molecule has 1 N–H and O–H groups in total. The van der Waals surface area contributed by atoms with Gasteiger partial charge < -0.3 is 24.3 Å². The van der Waals surface area contributed by atoms with Gasteiger partial charge >= 0.3 is 0 Å². The molecule has 0 bridgehead atoms. The van der Waals surface area contributed by atoms with E-state index in [9.17, 15) is 4.79 Å². The number of hydrogen-bond donors (Lipinski definition) is 1. The predicted octanol–water partition coefficient (Wildman–Crippen LogP) is 0.864. The van der Waals surface area contributed by atoms with Gasteiger partial charge in [0.25, 0.3) is 0 Å². The van der Waals surface area contributed by atoms with Crippen LogP contribution in [-0.4, -0.2) is 46.8 Å². The molecule has 1 aromatic heterocycles. The molecule has 2 aliphatic rings. The molecule has 7 heteroatoms. The molecule has 1 saturated heterocycles. The summed E-state index contributed by atoms with van der Waals surface area (Å²) in [7, 11) is 1.96. The van der Waals surface area contributed by atoms with E-state index >= 15 is 0 Å². The molecule has 2 aliphatic heterocycles. The highest BCUT2D eigenvalue weighted by Crippen LogP contribution is 2.33. The molecule has 0 aliphatic carbocycles. The zero-order valence-electron chi connectivity index (χ0n) is 13.6. The molecule has 126 valence electrons. The molecule has 4 rings (SSSR count). The van der Waals surface area contributed by atoms with E-state index in [2.05, 4.69) is 10.3 Å². The number of carbonyl (C=O) groups excluding carboxylic acids is 1. The highest BCUT2D eigenvalue weighted by atomic mass is 16.7. The zero-order chi connectivity index (χ0) is 16.5. The monoisotopic (exact) mass is 328 g/mol. The topological polar surface area (TPSA) is 68.6 Å². The van der Waals surface area contributed by atoms with E-state index in [1.807, 2.05) is 40.9 Å². The summed E-state index contributed by atoms with van der Waals surface area (Å²) >= 11 is 0. The van der Waals surface area contributed by atoms with Crippen molar-refractivity contribution < 1.29 is 14.3 Å². The average Bonchev–Trinajstić information content (AvgIpc) is 3.23.